The highest BCUT2D eigenvalue weighted by Gasteiger charge is 2.15. The number of nitrogens with two attached hydrogens (primary N) is 2. The van der Waals surface area contributed by atoms with E-state index in [4.69, 9.17) is 34.7 Å². The zero-order chi connectivity index (χ0) is 10.7. The molecular formula is C9H13Cl3N2O. The Morgan fingerprint density at radius 2 is 1.93 bits per heavy atom. The Bertz CT molecular complexity index is 310. The van der Waals surface area contributed by atoms with Crippen LogP contribution in [0.15, 0.2) is 12.1 Å². The van der Waals surface area contributed by atoms with Crippen molar-refractivity contribution in [3.8, 4) is 5.75 Å². The van der Waals surface area contributed by atoms with Crippen molar-refractivity contribution in [3.63, 3.8) is 0 Å². The highest BCUT2D eigenvalue weighted by atomic mass is 35.5. The third-order valence-electron chi connectivity index (χ3n) is 1.92. The number of halogens is 3. The molecular weight excluding hydrogens is 258 g/mol. The minimum atomic E-state index is -0.357. The van der Waals surface area contributed by atoms with Crippen LogP contribution < -0.4 is 11.5 Å². The lowest BCUT2D eigenvalue weighted by molar-refractivity contribution is 0.459. The summed E-state index contributed by atoms with van der Waals surface area (Å²) in [5, 5.41) is 10.3. The molecule has 1 rings (SSSR count). The molecule has 0 saturated carbocycles. The molecule has 0 fully saturated rings. The average molecular weight is 272 g/mol. The van der Waals surface area contributed by atoms with Crippen LogP contribution in [-0.4, -0.2) is 11.7 Å². The van der Waals surface area contributed by atoms with Gasteiger partial charge in [0, 0.05) is 16.6 Å². The number of phenolic OH excluding ortho intramolecular Hbond substituents is 1. The molecule has 0 saturated heterocycles. The third kappa shape index (κ3) is 3.70. The Labute approximate surface area is 105 Å². The summed E-state index contributed by atoms with van der Waals surface area (Å²) >= 11 is 11.6. The van der Waals surface area contributed by atoms with Gasteiger partial charge in [-0.2, -0.15) is 0 Å². The van der Waals surface area contributed by atoms with Crippen molar-refractivity contribution < 1.29 is 5.11 Å². The second-order valence-corrected chi connectivity index (χ2v) is 3.85. The van der Waals surface area contributed by atoms with Gasteiger partial charge >= 0.3 is 0 Å². The van der Waals surface area contributed by atoms with Gasteiger partial charge in [-0.25, -0.2) is 0 Å². The zero-order valence-corrected chi connectivity index (χ0v) is 10.2. The molecule has 5 N–H and O–H groups in total. The number of rotatable bonds is 3. The van der Waals surface area contributed by atoms with Crippen molar-refractivity contribution in [3.05, 3.63) is 27.7 Å². The lowest BCUT2D eigenvalue weighted by Gasteiger charge is -2.14. The molecule has 0 spiro atoms. The molecule has 0 aliphatic carbocycles. The topological polar surface area (TPSA) is 72.3 Å². The lowest BCUT2D eigenvalue weighted by Crippen LogP contribution is -2.15. The second kappa shape index (κ2) is 6.40. The van der Waals surface area contributed by atoms with E-state index in [2.05, 4.69) is 0 Å². The molecule has 15 heavy (non-hydrogen) atoms. The molecule has 0 radical (unpaired) electrons. The van der Waals surface area contributed by atoms with Gasteiger partial charge in [0.15, 0.2) is 0 Å². The van der Waals surface area contributed by atoms with Crippen LogP contribution in [0.25, 0.3) is 0 Å². The van der Waals surface area contributed by atoms with Gasteiger partial charge in [0.1, 0.15) is 5.75 Å². The first kappa shape index (κ1) is 14.8. The van der Waals surface area contributed by atoms with E-state index < -0.39 is 0 Å². The SMILES string of the molecule is Cl.NCC[C@@H](N)c1c(O)cc(Cl)cc1Cl. The number of aromatic hydroxyl groups is 1. The maximum Gasteiger partial charge on any atom is 0.123 e. The van der Waals surface area contributed by atoms with Crippen molar-refractivity contribution in [1.82, 2.24) is 0 Å². The molecule has 0 heterocycles. The Hall–Kier alpha value is -0.190. The molecule has 0 aromatic heterocycles. The molecule has 1 atom stereocenters. The Balaban J connectivity index is 0.00000196. The summed E-state index contributed by atoms with van der Waals surface area (Å²) < 4.78 is 0. The van der Waals surface area contributed by atoms with Gasteiger partial charge in [-0.1, -0.05) is 23.2 Å². The molecule has 0 aliphatic rings. The number of hydrogen-bond donors (Lipinski definition) is 3. The summed E-state index contributed by atoms with van der Waals surface area (Å²) in [6.07, 6.45) is 0.564. The summed E-state index contributed by atoms with van der Waals surface area (Å²) in [5.74, 6) is 0.0171. The van der Waals surface area contributed by atoms with Crippen LogP contribution in [0.2, 0.25) is 10.0 Å². The largest absolute Gasteiger partial charge is 0.508 e. The van der Waals surface area contributed by atoms with Crippen LogP contribution in [0, 0.1) is 0 Å². The Morgan fingerprint density at radius 3 is 2.40 bits per heavy atom. The fraction of sp³-hybridized carbons (Fsp3) is 0.333. The van der Waals surface area contributed by atoms with Crippen LogP contribution in [0.4, 0.5) is 0 Å². The van der Waals surface area contributed by atoms with E-state index in [9.17, 15) is 5.11 Å². The molecule has 1 aromatic carbocycles. The van der Waals surface area contributed by atoms with E-state index in [1.165, 1.54) is 6.07 Å². The molecule has 0 bridgehead atoms. The summed E-state index contributed by atoms with van der Waals surface area (Å²) in [4.78, 5) is 0. The molecule has 0 amide bonds. The zero-order valence-electron chi connectivity index (χ0n) is 7.91. The van der Waals surface area contributed by atoms with E-state index in [0.29, 0.717) is 28.6 Å². The minimum Gasteiger partial charge on any atom is -0.508 e. The fourth-order valence-electron chi connectivity index (χ4n) is 1.26. The van der Waals surface area contributed by atoms with Gasteiger partial charge in [-0.15, -0.1) is 12.4 Å². The maximum absolute atomic E-state index is 9.58. The summed E-state index contributed by atoms with van der Waals surface area (Å²) in [7, 11) is 0. The summed E-state index contributed by atoms with van der Waals surface area (Å²) in [5.41, 5.74) is 11.7. The Kier molecular flexibility index (Phi) is 6.32. The van der Waals surface area contributed by atoms with Crippen molar-refractivity contribution in [2.24, 2.45) is 11.5 Å². The maximum atomic E-state index is 9.58. The average Bonchev–Trinajstić information content (AvgIpc) is 2.01. The third-order valence-corrected chi connectivity index (χ3v) is 2.45. The van der Waals surface area contributed by atoms with Gasteiger partial charge < -0.3 is 16.6 Å². The first-order valence-electron chi connectivity index (χ1n) is 4.19. The molecule has 1 aromatic rings. The second-order valence-electron chi connectivity index (χ2n) is 3.00. The van der Waals surface area contributed by atoms with E-state index in [-0.39, 0.29) is 24.2 Å². The highest BCUT2D eigenvalue weighted by Crippen LogP contribution is 2.34. The van der Waals surface area contributed by atoms with Crippen LogP contribution in [0.1, 0.15) is 18.0 Å². The number of benzene rings is 1. The lowest BCUT2D eigenvalue weighted by atomic mass is 10.0. The van der Waals surface area contributed by atoms with Crippen LogP contribution in [0.3, 0.4) is 0 Å². The molecule has 3 nitrogen and oxygen atoms in total. The quantitative estimate of drug-likeness (QED) is 0.791. The first-order valence-corrected chi connectivity index (χ1v) is 4.95. The van der Waals surface area contributed by atoms with E-state index in [1.807, 2.05) is 0 Å². The van der Waals surface area contributed by atoms with Crippen LogP contribution in [-0.2, 0) is 0 Å². The smallest absolute Gasteiger partial charge is 0.123 e. The van der Waals surface area contributed by atoms with Crippen molar-refractivity contribution in [2.45, 2.75) is 12.5 Å². The molecule has 0 unspecified atom stereocenters. The van der Waals surface area contributed by atoms with Crippen LogP contribution >= 0.6 is 35.6 Å². The fourth-order valence-corrected chi connectivity index (χ4v) is 1.88. The highest BCUT2D eigenvalue weighted by molar-refractivity contribution is 6.35. The predicted octanol–water partition coefficient (Wildman–Crippen LogP) is 2.47. The predicted molar refractivity (Wildman–Crippen MR) is 66.0 cm³/mol. The standard InChI is InChI=1S/C9H12Cl2N2O.ClH/c10-5-3-6(11)9(8(14)4-5)7(13)1-2-12;/h3-4,7,14H,1-2,12-13H2;1H/t7-;/m1./s1. The molecule has 0 aliphatic heterocycles. The number of hydrogen-bond acceptors (Lipinski definition) is 3. The normalized spacial score (nSPS) is 12.0. The monoisotopic (exact) mass is 270 g/mol. The van der Waals surface area contributed by atoms with Gasteiger partial charge in [0.05, 0.1) is 5.02 Å². The van der Waals surface area contributed by atoms with Crippen molar-refractivity contribution in [1.29, 1.82) is 0 Å². The van der Waals surface area contributed by atoms with Gasteiger partial charge in [0.25, 0.3) is 0 Å². The van der Waals surface area contributed by atoms with Gasteiger partial charge in [0.2, 0.25) is 0 Å². The summed E-state index contributed by atoms with van der Waals surface area (Å²) in [6, 6.07) is 2.61. The van der Waals surface area contributed by atoms with Gasteiger partial charge in [-0.05, 0) is 25.1 Å². The first-order chi connectivity index (χ1) is 6.56. The molecule has 6 heteroatoms. The van der Waals surface area contributed by atoms with E-state index in [1.54, 1.807) is 6.07 Å². The minimum absolute atomic E-state index is 0. The van der Waals surface area contributed by atoms with Gasteiger partial charge in [-0.3, -0.25) is 0 Å². The summed E-state index contributed by atoms with van der Waals surface area (Å²) in [6.45, 7) is 0.444. The molecule has 86 valence electrons. The van der Waals surface area contributed by atoms with E-state index >= 15 is 0 Å². The van der Waals surface area contributed by atoms with E-state index in [0.717, 1.165) is 0 Å². The van der Waals surface area contributed by atoms with Crippen molar-refractivity contribution in [2.75, 3.05) is 6.54 Å². The Morgan fingerprint density at radius 1 is 1.33 bits per heavy atom. The van der Waals surface area contributed by atoms with Crippen LogP contribution in [0.5, 0.6) is 5.75 Å². The van der Waals surface area contributed by atoms with Crippen molar-refractivity contribution >= 4 is 35.6 Å². The number of phenols is 1.